The molecule has 1 atom stereocenters. The van der Waals surface area contributed by atoms with Crippen molar-refractivity contribution in [2.75, 3.05) is 11.9 Å². The standard InChI is InChI=1S/C12H17FN2OS/c1-3-9(7-16)14-12(17)15-10-5-4-8(2)11(13)6-10/h4-6,9,16H,3,7H2,1-2H3,(H2,14,15,17)/t9-/m1/s1. The average Bonchev–Trinajstić information content (AvgIpc) is 2.31. The predicted octanol–water partition coefficient (Wildman–Crippen LogP) is 2.19. The second-order valence-electron chi connectivity index (χ2n) is 3.85. The quantitative estimate of drug-likeness (QED) is 0.723. The SMILES string of the molecule is CC[C@H](CO)NC(=S)Nc1ccc(C)c(F)c1. The van der Waals surface area contributed by atoms with Crippen LogP contribution in [0.3, 0.4) is 0 Å². The molecule has 1 aromatic carbocycles. The van der Waals surface area contributed by atoms with E-state index in [0.29, 0.717) is 16.4 Å². The molecular weight excluding hydrogens is 239 g/mol. The number of rotatable bonds is 4. The van der Waals surface area contributed by atoms with Crippen molar-refractivity contribution in [3.63, 3.8) is 0 Å². The third kappa shape index (κ3) is 4.28. The van der Waals surface area contributed by atoms with Crippen LogP contribution in [0, 0.1) is 12.7 Å². The normalized spacial score (nSPS) is 12.0. The fourth-order valence-corrected chi connectivity index (χ4v) is 1.58. The molecule has 5 heteroatoms. The van der Waals surface area contributed by atoms with Crippen LogP contribution < -0.4 is 10.6 Å². The molecular formula is C12H17FN2OS. The first-order valence-corrected chi connectivity index (χ1v) is 5.92. The van der Waals surface area contributed by atoms with Gasteiger partial charge in [0.15, 0.2) is 5.11 Å². The highest BCUT2D eigenvalue weighted by atomic mass is 32.1. The van der Waals surface area contributed by atoms with Crippen molar-refractivity contribution in [3.05, 3.63) is 29.6 Å². The van der Waals surface area contributed by atoms with Gasteiger partial charge in [0, 0.05) is 5.69 Å². The zero-order valence-corrected chi connectivity index (χ0v) is 10.8. The van der Waals surface area contributed by atoms with Crippen molar-refractivity contribution in [3.8, 4) is 0 Å². The van der Waals surface area contributed by atoms with Gasteiger partial charge in [0.1, 0.15) is 5.82 Å². The summed E-state index contributed by atoms with van der Waals surface area (Å²) in [6, 6.07) is 4.75. The molecule has 0 saturated carbocycles. The Balaban J connectivity index is 2.58. The van der Waals surface area contributed by atoms with E-state index in [1.54, 1.807) is 19.1 Å². The molecule has 1 rings (SSSR count). The lowest BCUT2D eigenvalue weighted by Gasteiger charge is -2.17. The molecule has 0 bridgehead atoms. The number of hydrogen-bond donors (Lipinski definition) is 3. The molecule has 0 aromatic heterocycles. The van der Waals surface area contributed by atoms with Crippen LogP contribution in [0.25, 0.3) is 0 Å². The first-order valence-electron chi connectivity index (χ1n) is 5.51. The molecule has 94 valence electrons. The summed E-state index contributed by atoms with van der Waals surface area (Å²) in [4.78, 5) is 0. The Morgan fingerprint density at radius 2 is 2.24 bits per heavy atom. The molecule has 0 unspecified atom stereocenters. The van der Waals surface area contributed by atoms with Gasteiger partial charge in [-0.15, -0.1) is 0 Å². The molecule has 0 aliphatic carbocycles. The maximum absolute atomic E-state index is 13.3. The highest BCUT2D eigenvalue weighted by Crippen LogP contribution is 2.13. The average molecular weight is 256 g/mol. The van der Waals surface area contributed by atoms with Crippen molar-refractivity contribution >= 4 is 23.0 Å². The Morgan fingerprint density at radius 3 is 2.76 bits per heavy atom. The van der Waals surface area contributed by atoms with E-state index in [1.807, 2.05) is 6.92 Å². The summed E-state index contributed by atoms with van der Waals surface area (Å²) >= 11 is 5.07. The van der Waals surface area contributed by atoms with Crippen molar-refractivity contribution in [1.82, 2.24) is 5.32 Å². The van der Waals surface area contributed by atoms with Gasteiger partial charge in [-0.3, -0.25) is 0 Å². The third-order valence-corrected chi connectivity index (χ3v) is 2.70. The van der Waals surface area contributed by atoms with E-state index >= 15 is 0 Å². The number of hydrogen-bond acceptors (Lipinski definition) is 2. The first-order chi connectivity index (χ1) is 8.06. The molecule has 0 heterocycles. The van der Waals surface area contributed by atoms with E-state index < -0.39 is 0 Å². The van der Waals surface area contributed by atoms with Crippen molar-refractivity contribution in [1.29, 1.82) is 0 Å². The number of aliphatic hydroxyl groups excluding tert-OH is 1. The van der Waals surface area contributed by atoms with Gasteiger partial charge in [0.25, 0.3) is 0 Å². The largest absolute Gasteiger partial charge is 0.394 e. The topological polar surface area (TPSA) is 44.3 Å². The van der Waals surface area contributed by atoms with Gasteiger partial charge in [0.2, 0.25) is 0 Å². The lowest BCUT2D eigenvalue weighted by molar-refractivity contribution is 0.253. The summed E-state index contributed by atoms with van der Waals surface area (Å²) in [7, 11) is 0. The Labute approximate surface area is 106 Å². The maximum Gasteiger partial charge on any atom is 0.171 e. The molecule has 0 aliphatic rings. The molecule has 17 heavy (non-hydrogen) atoms. The fraction of sp³-hybridized carbons (Fsp3) is 0.417. The number of aliphatic hydroxyl groups is 1. The Hall–Kier alpha value is -1.20. The summed E-state index contributed by atoms with van der Waals surface area (Å²) in [5.74, 6) is -0.271. The second kappa shape index (κ2) is 6.51. The zero-order chi connectivity index (χ0) is 12.8. The van der Waals surface area contributed by atoms with E-state index in [2.05, 4.69) is 10.6 Å². The van der Waals surface area contributed by atoms with Gasteiger partial charge in [-0.05, 0) is 43.3 Å². The molecule has 0 radical (unpaired) electrons. The number of thiocarbonyl (C=S) groups is 1. The smallest absolute Gasteiger partial charge is 0.171 e. The molecule has 0 amide bonds. The highest BCUT2D eigenvalue weighted by molar-refractivity contribution is 7.80. The molecule has 0 spiro atoms. The van der Waals surface area contributed by atoms with Gasteiger partial charge < -0.3 is 15.7 Å². The second-order valence-corrected chi connectivity index (χ2v) is 4.26. The van der Waals surface area contributed by atoms with Crippen LogP contribution in [0.15, 0.2) is 18.2 Å². The minimum absolute atomic E-state index is 0.0145. The molecule has 1 aromatic rings. The van der Waals surface area contributed by atoms with Crippen LogP contribution in [0.2, 0.25) is 0 Å². The highest BCUT2D eigenvalue weighted by Gasteiger charge is 2.06. The number of aryl methyl sites for hydroxylation is 1. The van der Waals surface area contributed by atoms with Crippen molar-refractivity contribution in [2.24, 2.45) is 0 Å². The molecule has 0 saturated heterocycles. The van der Waals surface area contributed by atoms with Gasteiger partial charge in [-0.1, -0.05) is 13.0 Å². The monoisotopic (exact) mass is 256 g/mol. The van der Waals surface area contributed by atoms with Crippen LogP contribution in [0.5, 0.6) is 0 Å². The molecule has 0 fully saturated rings. The minimum Gasteiger partial charge on any atom is -0.394 e. The van der Waals surface area contributed by atoms with Crippen molar-refractivity contribution in [2.45, 2.75) is 26.3 Å². The lowest BCUT2D eigenvalue weighted by atomic mass is 10.2. The van der Waals surface area contributed by atoms with Gasteiger partial charge >= 0.3 is 0 Å². The van der Waals surface area contributed by atoms with E-state index in [-0.39, 0.29) is 18.5 Å². The summed E-state index contributed by atoms with van der Waals surface area (Å²) in [5.41, 5.74) is 1.19. The Bertz CT molecular complexity index is 394. The number of nitrogens with one attached hydrogen (secondary N) is 2. The van der Waals surface area contributed by atoms with Crippen LogP contribution >= 0.6 is 12.2 Å². The van der Waals surface area contributed by atoms with Crippen molar-refractivity contribution < 1.29 is 9.50 Å². The molecule has 0 aliphatic heterocycles. The first kappa shape index (κ1) is 13.9. The Morgan fingerprint density at radius 1 is 1.53 bits per heavy atom. The molecule has 3 N–H and O–H groups in total. The van der Waals surface area contributed by atoms with Crippen LogP contribution in [-0.4, -0.2) is 22.9 Å². The number of benzene rings is 1. The van der Waals surface area contributed by atoms with E-state index in [0.717, 1.165) is 6.42 Å². The number of anilines is 1. The minimum atomic E-state index is -0.271. The Kier molecular flexibility index (Phi) is 5.31. The van der Waals surface area contributed by atoms with Gasteiger partial charge in [-0.25, -0.2) is 4.39 Å². The summed E-state index contributed by atoms with van der Waals surface area (Å²) < 4.78 is 13.3. The van der Waals surface area contributed by atoms with Crippen LogP contribution in [0.1, 0.15) is 18.9 Å². The van der Waals surface area contributed by atoms with Crippen LogP contribution in [0.4, 0.5) is 10.1 Å². The lowest BCUT2D eigenvalue weighted by Crippen LogP contribution is -2.39. The summed E-state index contributed by atoms with van der Waals surface area (Å²) in [5, 5.41) is 15.2. The van der Waals surface area contributed by atoms with E-state index in [4.69, 9.17) is 17.3 Å². The zero-order valence-electron chi connectivity index (χ0n) is 9.96. The van der Waals surface area contributed by atoms with Gasteiger partial charge in [0.05, 0.1) is 12.6 Å². The maximum atomic E-state index is 13.3. The third-order valence-electron chi connectivity index (χ3n) is 2.48. The summed E-state index contributed by atoms with van der Waals surface area (Å²) in [6.45, 7) is 3.66. The number of halogens is 1. The summed E-state index contributed by atoms with van der Waals surface area (Å²) in [6.07, 6.45) is 0.764. The predicted molar refractivity (Wildman–Crippen MR) is 71.7 cm³/mol. The van der Waals surface area contributed by atoms with E-state index in [9.17, 15) is 4.39 Å². The fourth-order valence-electron chi connectivity index (χ4n) is 1.30. The van der Waals surface area contributed by atoms with E-state index in [1.165, 1.54) is 6.07 Å². The van der Waals surface area contributed by atoms with Gasteiger partial charge in [-0.2, -0.15) is 0 Å². The van der Waals surface area contributed by atoms with Crippen LogP contribution in [-0.2, 0) is 0 Å². The molecule has 3 nitrogen and oxygen atoms in total.